The highest BCUT2D eigenvalue weighted by Crippen LogP contribution is 2.33. The predicted octanol–water partition coefficient (Wildman–Crippen LogP) is 2.83. The first kappa shape index (κ1) is 14.5. The highest BCUT2D eigenvalue weighted by molar-refractivity contribution is 5.80. The summed E-state index contributed by atoms with van der Waals surface area (Å²) < 4.78 is 13.3. The molecule has 4 heteroatoms. The summed E-state index contributed by atoms with van der Waals surface area (Å²) in [5.74, 6) is -0.119. The Balaban J connectivity index is 1.73. The summed E-state index contributed by atoms with van der Waals surface area (Å²) in [7, 11) is 0. The second kappa shape index (κ2) is 6.14. The fourth-order valence-electron chi connectivity index (χ4n) is 3.28. The Morgan fingerprint density at radius 2 is 2.00 bits per heavy atom. The zero-order valence-corrected chi connectivity index (χ0v) is 12.3. The largest absolute Gasteiger partial charge is 0.335 e. The highest BCUT2D eigenvalue weighted by atomic mass is 19.1. The van der Waals surface area contributed by atoms with E-state index in [1.807, 2.05) is 11.0 Å². The molecule has 0 aromatic heterocycles. The Hall–Kier alpha value is -1.42. The summed E-state index contributed by atoms with van der Waals surface area (Å²) in [5, 5.41) is 0. The van der Waals surface area contributed by atoms with Crippen LogP contribution in [-0.2, 0) is 11.3 Å². The Labute approximate surface area is 125 Å². The molecule has 21 heavy (non-hydrogen) atoms. The fourth-order valence-corrected chi connectivity index (χ4v) is 3.28. The van der Waals surface area contributed by atoms with Crippen molar-refractivity contribution in [1.29, 1.82) is 0 Å². The first-order valence-electron chi connectivity index (χ1n) is 7.95. The lowest BCUT2D eigenvalue weighted by molar-refractivity contribution is -0.138. The molecule has 2 aliphatic carbocycles. The van der Waals surface area contributed by atoms with Crippen LogP contribution in [0.25, 0.3) is 0 Å². The van der Waals surface area contributed by atoms with E-state index in [4.69, 9.17) is 5.73 Å². The van der Waals surface area contributed by atoms with Gasteiger partial charge in [0.25, 0.3) is 0 Å². The van der Waals surface area contributed by atoms with E-state index in [0.29, 0.717) is 12.6 Å². The minimum Gasteiger partial charge on any atom is -0.335 e. The number of carbonyl (C=O) groups excluding carboxylic acids is 1. The van der Waals surface area contributed by atoms with Gasteiger partial charge in [0.15, 0.2) is 0 Å². The van der Waals surface area contributed by atoms with Crippen molar-refractivity contribution in [2.75, 3.05) is 0 Å². The maximum absolute atomic E-state index is 13.3. The van der Waals surface area contributed by atoms with Crippen molar-refractivity contribution in [3.05, 3.63) is 35.6 Å². The molecule has 0 saturated heterocycles. The zero-order valence-electron chi connectivity index (χ0n) is 12.3. The van der Waals surface area contributed by atoms with Gasteiger partial charge in [-0.15, -0.1) is 0 Å². The first-order valence-corrected chi connectivity index (χ1v) is 7.95. The van der Waals surface area contributed by atoms with E-state index in [1.165, 1.54) is 12.1 Å². The smallest absolute Gasteiger partial charge is 0.227 e. The normalized spacial score (nSPS) is 25.6. The predicted molar refractivity (Wildman–Crippen MR) is 79.9 cm³/mol. The highest BCUT2D eigenvalue weighted by Gasteiger charge is 2.38. The summed E-state index contributed by atoms with van der Waals surface area (Å²) in [5.41, 5.74) is 7.01. The Kier molecular flexibility index (Phi) is 4.24. The lowest BCUT2D eigenvalue weighted by Gasteiger charge is -2.33. The maximum atomic E-state index is 13.3. The summed E-state index contributed by atoms with van der Waals surface area (Å²) >= 11 is 0. The standard InChI is InChI=1S/C17H23FN2O/c18-13-5-3-4-12(10-13)11-20(14-8-9-14)17(21)15-6-1-2-7-16(15)19/h3-5,10,14-16H,1-2,6-9,11,19H2. The van der Waals surface area contributed by atoms with Crippen LogP contribution in [0.1, 0.15) is 44.1 Å². The molecule has 0 heterocycles. The van der Waals surface area contributed by atoms with Crippen LogP contribution < -0.4 is 5.73 Å². The molecule has 2 atom stereocenters. The van der Waals surface area contributed by atoms with Crippen LogP contribution in [0.15, 0.2) is 24.3 Å². The molecule has 3 nitrogen and oxygen atoms in total. The van der Waals surface area contributed by atoms with Crippen molar-refractivity contribution < 1.29 is 9.18 Å². The Morgan fingerprint density at radius 3 is 2.67 bits per heavy atom. The van der Waals surface area contributed by atoms with Gasteiger partial charge in [0.1, 0.15) is 5.82 Å². The monoisotopic (exact) mass is 290 g/mol. The summed E-state index contributed by atoms with van der Waals surface area (Å²) in [6, 6.07) is 6.85. The van der Waals surface area contributed by atoms with Crippen LogP contribution in [0.4, 0.5) is 4.39 Å². The zero-order chi connectivity index (χ0) is 14.8. The molecule has 1 aromatic carbocycles. The van der Waals surface area contributed by atoms with Gasteiger partial charge in [0, 0.05) is 18.6 Å². The van der Waals surface area contributed by atoms with E-state index in [0.717, 1.165) is 44.1 Å². The van der Waals surface area contributed by atoms with E-state index in [1.54, 1.807) is 6.07 Å². The minimum atomic E-state index is -0.245. The lowest BCUT2D eigenvalue weighted by Crippen LogP contribution is -2.46. The van der Waals surface area contributed by atoms with E-state index in [2.05, 4.69) is 0 Å². The van der Waals surface area contributed by atoms with Gasteiger partial charge < -0.3 is 10.6 Å². The van der Waals surface area contributed by atoms with Crippen molar-refractivity contribution in [2.24, 2.45) is 11.7 Å². The van der Waals surface area contributed by atoms with Gasteiger partial charge in [0.2, 0.25) is 5.91 Å². The van der Waals surface area contributed by atoms with Crippen molar-refractivity contribution >= 4 is 5.91 Å². The van der Waals surface area contributed by atoms with E-state index >= 15 is 0 Å². The van der Waals surface area contributed by atoms with Crippen molar-refractivity contribution in [2.45, 2.75) is 57.2 Å². The molecular weight excluding hydrogens is 267 g/mol. The second-order valence-electron chi connectivity index (χ2n) is 6.38. The quantitative estimate of drug-likeness (QED) is 0.927. The Morgan fingerprint density at radius 1 is 1.24 bits per heavy atom. The summed E-state index contributed by atoms with van der Waals surface area (Å²) in [4.78, 5) is 14.8. The van der Waals surface area contributed by atoms with E-state index < -0.39 is 0 Å². The van der Waals surface area contributed by atoms with Crippen LogP contribution in [0.2, 0.25) is 0 Å². The molecule has 2 N–H and O–H groups in total. The average molecular weight is 290 g/mol. The summed E-state index contributed by atoms with van der Waals surface area (Å²) in [6.45, 7) is 0.504. The van der Waals surface area contributed by atoms with Gasteiger partial charge in [0.05, 0.1) is 5.92 Å². The third kappa shape index (κ3) is 3.43. The fraction of sp³-hybridized carbons (Fsp3) is 0.588. The molecule has 1 aromatic rings. The third-order valence-corrected chi connectivity index (χ3v) is 4.65. The molecule has 2 fully saturated rings. The van der Waals surface area contributed by atoms with Gasteiger partial charge in [-0.05, 0) is 43.4 Å². The molecule has 0 bridgehead atoms. The van der Waals surface area contributed by atoms with Gasteiger partial charge in [-0.2, -0.15) is 0 Å². The van der Waals surface area contributed by atoms with Crippen LogP contribution in [-0.4, -0.2) is 22.9 Å². The molecule has 0 spiro atoms. The molecule has 0 aliphatic heterocycles. The molecule has 0 radical (unpaired) electrons. The number of nitrogens with zero attached hydrogens (tertiary/aromatic N) is 1. The SMILES string of the molecule is NC1CCCCC1C(=O)N(Cc1cccc(F)c1)C1CC1. The summed E-state index contributed by atoms with van der Waals surface area (Å²) in [6.07, 6.45) is 6.16. The van der Waals surface area contributed by atoms with Crippen LogP contribution >= 0.6 is 0 Å². The molecule has 3 rings (SSSR count). The first-order chi connectivity index (χ1) is 10.1. The van der Waals surface area contributed by atoms with Crippen LogP contribution in [0, 0.1) is 11.7 Å². The average Bonchev–Trinajstić information content (AvgIpc) is 3.29. The van der Waals surface area contributed by atoms with Crippen LogP contribution in [0.5, 0.6) is 0 Å². The number of hydrogen-bond acceptors (Lipinski definition) is 2. The second-order valence-corrected chi connectivity index (χ2v) is 6.38. The number of carbonyl (C=O) groups is 1. The molecule has 2 saturated carbocycles. The molecular formula is C17H23FN2O. The van der Waals surface area contributed by atoms with Crippen LogP contribution in [0.3, 0.4) is 0 Å². The van der Waals surface area contributed by atoms with Gasteiger partial charge in [-0.25, -0.2) is 4.39 Å². The minimum absolute atomic E-state index is 0.0139. The molecule has 1 amide bonds. The topological polar surface area (TPSA) is 46.3 Å². The molecule has 114 valence electrons. The van der Waals surface area contributed by atoms with Gasteiger partial charge in [-0.1, -0.05) is 25.0 Å². The number of amides is 1. The van der Waals surface area contributed by atoms with Crippen molar-refractivity contribution in [3.8, 4) is 0 Å². The maximum Gasteiger partial charge on any atom is 0.227 e. The number of rotatable bonds is 4. The van der Waals surface area contributed by atoms with Crippen molar-refractivity contribution in [3.63, 3.8) is 0 Å². The van der Waals surface area contributed by atoms with E-state index in [9.17, 15) is 9.18 Å². The number of hydrogen-bond donors (Lipinski definition) is 1. The van der Waals surface area contributed by atoms with Gasteiger partial charge >= 0.3 is 0 Å². The number of nitrogens with two attached hydrogens (primary N) is 1. The third-order valence-electron chi connectivity index (χ3n) is 4.65. The molecule has 2 unspecified atom stereocenters. The number of benzene rings is 1. The van der Waals surface area contributed by atoms with E-state index in [-0.39, 0.29) is 23.7 Å². The van der Waals surface area contributed by atoms with Crippen molar-refractivity contribution in [1.82, 2.24) is 4.90 Å². The Bertz CT molecular complexity index is 515. The lowest BCUT2D eigenvalue weighted by atomic mass is 9.84. The van der Waals surface area contributed by atoms with Gasteiger partial charge in [-0.3, -0.25) is 4.79 Å². The molecule has 2 aliphatic rings. The number of halogens is 1.